The zero-order valence-electron chi connectivity index (χ0n) is 21.6. The van der Waals surface area contributed by atoms with Crippen LogP contribution in [0.5, 0.6) is 0 Å². The molecule has 4 heterocycles. The van der Waals surface area contributed by atoms with Gasteiger partial charge in [0.05, 0.1) is 12.2 Å². The highest BCUT2D eigenvalue weighted by Gasteiger charge is 2.18. The Morgan fingerprint density at radius 1 is 1.05 bits per heavy atom. The van der Waals surface area contributed by atoms with Crippen LogP contribution < -0.4 is 15.8 Å². The Morgan fingerprint density at radius 3 is 2.51 bits per heavy atom. The van der Waals surface area contributed by atoms with E-state index in [1.165, 1.54) is 5.69 Å². The van der Waals surface area contributed by atoms with Gasteiger partial charge in [0.15, 0.2) is 11.5 Å². The van der Waals surface area contributed by atoms with Gasteiger partial charge in [-0.15, -0.1) is 6.58 Å². The van der Waals surface area contributed by atoms with Crippen molar-refractivity contribution in [3.8, 4) is 5.82 Å². The average Bonchev–Trinajstić information content (AvgIpc) is 3.16. The van der Waals surface area contributed by atoms with E-state index >= 15 is 0 Å². The van der Waals surface area contributed by atoms with Crippen LogP contribution >= 0.6 is 0 Å². The number of rotatable bonds is 8. The minimum atomic E-state index is -0.183. The number of aromatic nitrogens is 5. The maximum absolute atomic E-state index is 13.2. The Labute approximate surface area is 216 Å². The number of hydrogen-bond acceptors (Lipinski definition) is 8. The number of likely N-dealkylation sites (N-methyl/N-ethyl adjacent to an activating group) is 1. The summed E-state index contributed by atoms with van der Waals surface area (Å²) < 4.78 is 3.34. The monoisotopic (exact) mass is 499 g/mol. The van der Waals surface area contributed by atoms with Crippen LogP contribution in [0.25, 0.3) is 16.9 Å². The number of hydrogen-bond donors (Lipinski definition) is 1. The second-order valence-corrected chi connectivity index (χ2v) is 9.61. The van der Waals surface area contributed by atoms with Crippen molar-refractivity contribution in [1.82, 2.24) is 34.1 Å². The highest BCUT2D eigenvalue weighted by Crippen LogP contribution is 2.22. The number of allylic oxidation sites excluding steroid dienone is 1. The van der Waals surface area contributed by atoms with E-state index in [1.807, 2.05) is 44.4 Å². The third-order valence-electron chi connectivity index (χ3n) is 6.46. The molecule has 3 aromatic heterocycles. The number of nitrogens with one attached hydrogen (secondary N) is 1. The summed E-state index contributed by atoms with van der Waals surface area (Å²) in [5.41, 5.74) is 3.29. The van der Waals surface area contributed by atoms with Gasteiger partial charge in [0.2, 0.25) is 5.95 Å². The van der Waals surface area contributed by atoms with E-state index in [0.717, 1.165) is 37.6 Å². The van der Waals surface area contributed by atoms with Crippen molar-refractivity contribution in [1.29, 1.82) is 0 Å². The van der Waals surface area contributed by atoms with Crippen molar-refractivity contribution in [2.75, 3.05) is 57.5 Å². The molecule has 1 N–H and O–H groups in total. The Balaban J connectivity index is 1.47. The quantitative estimate of drug-likeness (QED) is 0.371. The summed E-state index contributed by atoms with van der Waals surface area (Å²) >= 11 is 0. The second-order valence-electron chi connectivity index (χ2n) is 9.61. The van der Waals surface area contributed by atoms with Crippen LogP contribution in [0, 0.1) is 0 Å². The minimum absolute atomic E-state index is 0.183. The lowest BCUT2D eigenvalue weighted by Crippen LogP contribution is -2.44. The molecular formula is C27H33N9O. The number of benzene rings is 1. The number of nitrogens with zero attached hydrogens (tertiary/aromatic N) is 8. The maximum Gasteiger partial charge on any atom is 0.278 e. The molecule has 192 valence electrons. The van der Waals surface area contributed by atoms with Crippen LogP contribution in [0.1, 0.15) is 5.69 Å². The van der Waals surface area contributed by atoms with Gasteiger partial charge in [-0.2, -0.15) is 4.98 Å². The first-order chi connectivity index (χ1) is 17.9. The molecule has 0 radical (unpaired) electrons. The number of pyridine rings is 1. The Morgan fingerprint density at radius 2 is 1.81 bits per heavy atom. The zero-order valence-corrected chi connectivity index (χ0v) is 21.6. The van der Waals surface area contributed by atoms with E-state index in [9.17, 15) is 4.79 Å². The van der Waals surface area contributed by atoms with Crippen molar-refractivity contribution >= 4 is 28.4 Å². The molecule has 1 aromatic carbocycles. The highest BCUT2D eigenvalue weighted by molar-refractivity contribution is 5.77. The van der Waals surface area contributed by atoms with Crippen molar-refractivity contribution in [2.24, 2.45) is 0 Å². The molecule has 1 fully saturated rings. The molecule has 5 rings (SSSR count). The highest BCUT2D eigenvalue weighted by atomic mass is 16.1. The Hall–Kier alpha value is -4.02. The van der Waals surface area contributed by atoms with Crippen molar-refractivity contribution in [3.05, 3.63) is 77.4 Å². The third kappa shape index (κ3) is 5.25. The molecular weight excluding hydrogens is 466 g/mol. The lowest BCUT2D eigenvalue weighted by molar-refractivity contribution is 0.313. The minimum Gasteiger partial charge on any atom is -0.369 e. The van der Waals surface area contributed by atoms with Crippen LogP contribution in [0.15, 0.2) is 66.1 Å². The van der Waals surface area contributed by atoms with Crippen LogP contribution in [-0.4, -0.2) is 81.4 Å². The molecule has 1 aliphatic rings. The summed E-state index contributed by atoms with van der Waals surface area (Å²) in [5, 5.41) is 3.72. The van der Waals surface area contributed by atoms with E-state index in [2.05, 4.69) is 50.8 Å². The van der Waals surface area contributed by atoms with Crippen LogP contribution in [0.2, 0.25) is 0 Å². The smallest absolute Gasteiger partial charge is 0.278 e. The lowest BCUT2D eigenvalue weighted by atomic mass is 10.2. The second kappa shape index (κ2) is 10.5. The van der Waals surface area contributed by atoms with Gasteiger partial charge in [-0.3, -0.25) is 4.79 Å². The van der Waals surface area contributed by atoms with Crippen molar-refractivity contribution in [3.63, 3.8) is 0 Å². The molecule has 0 aliphatic carbocycles. The van der Waals surface area contributed by atoms with Gasteiger partial charge in [-0.05, 0) is 57.5 Å². The molecule has 1 saturated heterocycles. The van der Waals surface area contributed by atoms with Crippen LogP contribution in [0.4, 0.5) is 17.3 Å². The van der Waals surface area contributed by atoms with E-state index in [4.69, 9.17) is 9.97 Å². The summed E-state index contributed by atoms with van der Waals surface area (Å²) in [7, 11) is 6.15. The largest absolute Gasteiger partial charge is 0.369 e. The van der Waals surface area contributed by atoms with Gasteiger partial charge < -0.3 is 20.0 Å². The fourth-order valence-electron chi connectivity index (χ4n) is 4.55. The molecule has 0 bridgehead atoms. The normalized spacial score (nSPS) is 14.4. The summed E-state index contributed by atoms with van der Waals surface area (Å²) in [6.45, 7) is 9.00. The molecule has 10 nitrogen and oxygen atoms in total. The van der Waals surface area contributed by atoms with E-state index < -0.39 is 0 Å². The molecule has 37 heavy (non-hydrogen) atoms. The SMILES string of the molecule is C=CCn1c(=O)c2cnc(Nc3ccc(N4CCN(C)CC4)cc3)nc2n1-c1cccc(CN(C)C)n1. The summed E-state index contributed by atoms with van der Waals surface area (Å²) in [6.07, 6.45) is 3.26. The van der Waals surface area contributed by atoms with E-state index in [-0.39, 0.29) is 5.56 Å². The molecule has 10 heteroatoms. The van der Waals surface area contributed by atoms with Crippen molar-refractivity contribution in [2.45, 2.75) is 13.1 Å². The Bertz CT molecular complexity index is 1450. The first kappa shape index (κ1) is 24.7. The molecule has 0 unspecified atom stereocenters. The summed E-state index contributed by atoms with van der Waals surface area (Å²) in [5.74, 6) is 1.03. The topological polar surface area (TPSA) is 87.3 Å². The maximum atomic E-state index is 13.2. The van der Waals surface area contributed by atoms with Crippen LogP contribution in [0.3, 0.4) is 0 Å². The number of fused-ring (bicyclic) bond motifs is 1. The van der Waals surface area contributed by atoms with Gasteiger partial charge in [0.25, 0.3) is 5.56 Å². The molecule has 0 atom stereocenters. The van der Waals surface area contributed by atoms with Gasteiger partial charge in [0, 0.05) is 50.3 Å². The first-order valence-corrected chi connectivity index (χ1v) is 12.4. The Kier molecular flexibility index (Phi) is 7.02. The predicted molar refractivity (Wildman–Crippen MR) is 148 cm³/mol. The molecule has 1 aliphatic heterocycles. The number of piperazine rings is 1. The third-order valence-corrected chi connectivity index (χ3v) is 6.46. The standard InChI is InChI=1S/C27H33N9O/c1-5-13-35-26(37)23-18-28-27(30-20-9-11-22(12-10-20)34-16-14-33(4)15-17-34)31-25(23)36(35)24-8-6-7-21(29-24)19-32(2)3/h5-12,18H,1,13-17,19H2,2-4H3,(H,28,30,31). The van der Waals surface area contributed by atoms with Crippen LogP contribution in [-0.2, 0) is 13.1 Å². The van der Waals surface area contributed by atoms with Gasteiger partial charge >= 0.3 is 0 Å². The van der Waals surface area contributed by atoms with Gasteiger partial charge in [0.1, 0.15) is 5.39 Å². The van der Waals surface area contributed by atoms with Crippen molar-refractivity contribution < 1.29 is 0 Å². The summed E-state index contributed by atoms with van der Waals surface area (Å²) in [4.78, 5) is 34.0. The summed E-state index contributed by atoms with van der Waals surface area (Å²) in [6, 6.07) is 14.1. The fraction of sp³-hybridized carbons (Fsp3) is 0.333. The molecule has 0 amide bonds. The van der Waals surface area contributed by atoms with Gasteiger partial charge in [-0.25, -0.2) is 19.3 Å². The molecule has 0 spiro atoms. The molecule has 4 aromatic rings. The average molecular weight is 500 g/mol. The lowest BCUT2D eigenvalue weighted by Gasteiger charge is -2.34. The number of anilines is 3. The van der Waals surface area contributed by atoms with Gasteiger partial charge in [-0.1, -0.05) is 12.1 Å². The van der Waals surface area contributed by atoms with E-state index in [1.54, 1.807) is 21.6 Å². The molecule has 0 saturated carbocycles. The fourth-order valence-corrected chi connectivity index (χ4v) is 4.55. The zero-order chi connectivity index (χ0) is 25.9. The first-order valence-electron chi connectivity index (χ1n) is 12.4. The predicted octanol–water partition coefficient (Wildman–Crippen LogP) is 2.72. The van der Waals surface area contributed by atoms with E-state index in [0.29, 0.717) is 35.9 Å².